The van der Waals surface area contributed by atoms with Gasteiger partial charge in [0.2, 0.25) is 0 Å². The average Bonchev–Trinajstić information content (AvgIpc) is 2.50. The Labute approximate surface area is 186 Å². The van der Waals surface area contributed by atoms with Crippen molar-refractivity contribution in [3.63, 3.8) is 0 Å². The molecule has 74 valence electrons. The van der Waals surface area contributed by atoms with Crippen LogP contribution in [0.25, 0.3) is 16.9 Å². The Hall–Kier alpha value is 1.75. The Balaban J connectivity index is 0.00000112. The molecule has 0 aromatic carbocycles. The molecule has 0 radical (unpaired) electrons. The summed E-state index contributed by atoms with van der Waals surface area (Å²) in [6.07, 6.45) is -3.62. The van der Waals surface area contributed by atoms with E-state index >= 15 is 0 Å². The molecule has 0 saturated carbocycles. The Bertz CT molecular complexity index is 482. The minimum Gasteiger partial charge on any atom is -0.481 e. The predicted octanol–water partition coefficient (Wildman–Crippen LogP) is -4.31. The van der Waals surface area contributed by atoms with E-state index in [1.54, 1.807) is 0 Å². The summed E-state index contributed by atoms with van der Waals surface area (Å²) in [5.74, 6) is -1.93. The van der Waals surface area contributed by atoms with Crippen molar-refractivity contribution < 1.29 is 130 Å². The van der Waals surface area contributed by atoms with Gasteiger partial charge in [0, 0.05) is 11.2 Å². The quantitative estimate of drug-likeness (QED) is 0.469. The zero-order chi connectivity index (χ0) is 10.3. The third-order valence-electron chi connectivity index (χ3n) is 1.49. The van der Waals surface area contributed by atoms with Crippen molar-refractivity contribution in [2.75, 3.05) is 0 Å². The summed E-state index contributed by atoms with van der Waals surface area (Å²) in [5.41, 5.74) is 6.91. The minimum absolute atomic E-state index is 0. The number of rotatable bonds is 0. The fourth-order valence-electron chi connectivity index (χ4n) is 0.920. The van der Waals surface area contributed by atoms with Crippen LogP contribution in [0.1, 0.15) is 5.82 Å². The third-order valence-corrected chi connectivity index (χ3v) is 1.49. The SMILES string of the molecule is [NH-]c1nc(C(F)(F)F)nc2[n-]cnc12.[Rb+].[Rb+]. The number of fused-ring (bicyclic) bond motifs is 1. The Morgan fingerprint density at radius 3 is 2.38 bits per heavy atom. The van der Waals surface area contributed by atoms with Crippen LogP contribution in [0.2, 0.25) is 0 Å². The molecule has 0 aliphatic heterocycles. The first-order chi connectivity index (χ1) is 6.48. The summed E-state index contributed by atoms with van der Waals surface area (Å²) in [6, 6.07) is 0. The molecule has 0 saturated heterocycles. The van der Waals surface area contributed by atoms with Gasteiger partial charge in [-0.05, 0) is 6.33 Å². The number of nitrogens with one attached hydrogen (secondary N) is 1. The molecule has 0 atom stereocenters. The molecule has 2 heterocycles. The third kappa shape index (κ3) is 3.87. The van der Waals surface area contributed by atoms with Gasteiger partial charge in [-0.1, -0.05) is 5.82 Å². The Morgan fingerprint density at radius 1 is 1.19 bits per heavy atom. The van der Waals surface area contributed by atoms with Crippen molar-refractivity contribution in [2.24, 2.45) is 0 Å². The maximum absolute atomic E-state index is 12.1. The maximum Gasteiger partial charge on any atom is 1.00 e. The van der Waals surface area contributed by atoms with Gasteiger partial charge in [-0.25, -0.2) is 0 Å². The number of hydrogen-bond acceptors (Lipinski definition) is 3. The van der Waals surface area contributed by atoms with E-state index in [1.807, 2.05) is 0 Å². The molecular weight excluding hydrogens is 370 g/mol. The average molecular weight is 372 g/mol. The summed E-state index contributed by atoms with van der Waals surface area (Å²) in [4.78, 5) is 13.1. The molecule has 1 N–H and O–H groups in total. The van der Waals surface area contributed by atoms with Gasteiger partial charge in [0.05, 0.1) is 5.82 Å². The van der Waals surface area contributed by atoms with Gasteiger partial charge in [0.15, 0.2) is 0 Å². The van der Waals surface area contributed by atoms with E-state index in [9.17, 15) is 13.2 Å². The second-order valence-electron chi connectivity index (χ2n) is 2.44. The molecule has 10 heteroatoms. The topological polar surface area (TPSA) is 76.6 Å². The van der Waals surface area contributed by atoms with Crippen molar-refractivity contribution in [3.8, 4) is 0 Å². The summed E-state index contributed by atoms with van der Waals surface area (Å²) in [5, 5.41) is 0. The number of aromatic nitrogens is 4. The molecule has 0 amide bonds. The molecule has 2 aromatic heterocycles. The maximum atomic E-state index is 12.1. The van der Waals surface area contributed by atoms with Gasteiger partial charge < -0.3 is 25.7 Å². The number of halogens is 3. The zero-order valence-electron chi connectivity index (χ0n) is 8.50. The zero-order valence-corrected chi connectivity index (χ0v) is 18.3. The van der Waals surface area contributed by atoms with E-state index in [1.165, 1.54) is 0 Å². The summed E-state index contributed by atoms with van der Waals surface area (Å²) < 4.78 is 36.4. The number of hydrogen-bond donors (Lipinski definition) is 0. The van der Waals surface area contributed by atoms with E-state index < -0.39 is 17.8 Å². The summed E-state index contributed by atoms with van der Waals surface area (Å²) >= 11 is 0. The van der Waals surface area contributed by atoms with Gasteiger partial charge in [0.1, 0.15) is 0 Å². The Morgan fingerprint density at radius 2 is 1.81 bits per heavy atom. The predicted molar refractivity (Wildman–Crippen MR) is 39.6 cm³/mol. The normalized spacial score (nSPS) is 10.7. The van der Waals surface area contributed by atoms with Crippen LogP contribution >= 0.6 is 0 Å². The van der Waals surface area contributed by atoms with Crippen LogP contribution in [0.5, 0.6) is 0 Å². The standard InChI is InChI=1S/C6H2F3N5.2Rb/c7-6(8,9)5-13-3(10)2-4(14-5)12-1-11-2;;/h1H,(H-2,10,11,12,13,14);;/q-2;2*+1. The summed E-state index contributed by atoms with van der Waals surface area (Å²) in [7, 11) is 0. The monoisotopic (exact) mass is 371 g/mol. The number of imidazole rings is 1. The van der Waals surface area contributed by atoms with Crippen LogP contribution in [0.3, 0.4) is 0 Å². The molecule has 2 rings (SSSR count). The molecule has 0 aliphatic carbocycles. The van der Waals surface area contributed by atoms with Crippen LogP contribution in [0.4, 0.5) is 19.0 Å². The van der Waals surface area contributed by atoms with Gasteiger partial charge >= 0.3 is 123 Å². The molecule has 16 heavy (non-hydrogen) atoms. The molecule has 2 aromatic rings. The van der Waals surface area contributed by atoms with Gasteiger partial charge in [-0.15, -0.1) is 0 Å². The van der Waals surface area contributed by atoms with Crippen molar-refractivity contribution in [2.45, 2.75) is 6.18 Å². The first-order valence-electron chi connectivity index (χ1n) is 3.42. The molecule has 0 unspecified atom stereocenters. The second kappa shape index (κ2) is 6.78. The minimum atomic E-state index is -4.66. The Kier molecular flexibility index (Phi) is 7.53. The van der Waals surface area contributed by atoms with Crippen LogP contribution in [0.15, 0.2) is 6.33 Å². The van der Waals surface area contributed by atoms with E-state index in [4.69, 9.17) is 5.73 Å². The van der Waals surface area contributed by atoms with E-state index in [0.29, 0.717) is 0 Å². The number of nitrogens with zero attached hydrogens (tertiary/aromatic N) is 4. The molecule has 0 fully saturated rings. The van der Waals surface area contributed by atoms with E-state index in [-0.39, 0.29) is 128 Å². The molecule has 0 bridgehead atoms. The fourth-order valence-corrected chi connectivity index (χ4v) is 0.920. The molecule has 0 aliphatic rings. The van der Waals surface area contributed by atoms with Gasteiger partial charge in [0.25, 0.3) is 0 Å². The van der Waals surface area contributed by atoms with Crippen LogP contribution in [-0.4, -0.2) is 15.0 Å². The first-order valence-corrected chi connectivity index (χ1v) is 3.42. The largest absolute Gasteiger partial charge is 1.00 e. The van der Waals surface area contributed by atoms with Crippen molar-refractivity contribution in [3.05, 3.63) is 17.9 Å². The van der Waals surface area contributed by atoms with Gasteiger partial charge in [-0.2, -0.15) is 13.2 Å². The van der Waals surface area contributed by atoms with Crippen molar-refractivity contribution >= 4 is 17.0 Å². The number of alkyl halides is 3. The second-order valence-corrected chi connectivity index (χ2v) is 2.44. The van der Waals surface area contributed by atoms with Crippen LogP contribution in [0, 0.1) is 0 Å². The molecular formula is C6H2F3N5Rb2. The summed E-state index contributed by atoms with van der Waals surface area (Å²) in [6.45, 7) is 0. The smallest absolute Gasteiger partial charge is 0.481 e. The van der Waals surface area contributed by atoms with Gasteiger partial charge in [-0.3, -0.25) is 0 Å². The van der Waals surface area contributed by atoms with Crippen LogP contribution in [-0.2, 0) is 6.18 Å². The van der Waals surface area contributed by atoms with Crippen molar-refractivity contribution in [1.82, 2.24) is 19.9 Å². The molecule has 5 nitrogen and oxygen atoms in total. The first kappa shape index (κ1) is 17.8. The molecule has 0 spiro atoms. The fraction of sp³-hybridized carbons (Fsp3) is 0.167. The van der Waals surface area contributed by atoms with E-state index in [2.05, 4.69) is 19.9 Å². The van der Waals surface area contributed by atoms with Crippen LogP contribution < -0.4 is 121 Å². The van der Waals surface area contributed by atoms with E-state index in [0.717, 1.165) is 6.33 Å². The van der Waals surface area contributed by atoms with Crippen molar-refractivity contribution in [1.29, 1.82) is 0 Å².